The molecule has 0 aliphatic heterocycles. The molecular formula is C17H13Cl2F4N3O2. The average Bonchev–Trinajstić information content (AvgIpc) is 2.58. The molecule has 0 fully saturated rings. The lowest BCUT2D eigenvalue weighted by Gasteiger charge is -2.35. The van der Waals surface area contributed by atoms with E-state index >= 15 is 0 Å². The van der Waals surface area contributed by atoms with Gasteiger partial charge in [-0.25, -0.2) is 27.6 Å². The molecule has 0 radical (unpaired) electrons. The lowest BCUT2D eigenvalue weighted by atomic mass is 10.1. The van der Waals surface area contributed by atoms with Crippen molar-refractivity contribution in [2.75, 3.05) is 0 Å². The van der Waals surface area contributed by atoms with Crippen molar-refractivity contribution in [2.45, 2.75) is 26.3 Å². The molecule has 0 saturated carbocycles. The van der Waals surface area contributed by atoms with Gasteiger partial charge in [0.25, 0.3) is 11.8 Å². The second-order valence-electron chi connectivity index (χ2n) is 6.56. The van der Waals surface area contributed by atoms with Crippen LogP contribution in [0.4, 0.5) is 17.6 Å². The van der Waals surface area contributed by atoms with Crippen LogP contribution < -0.4 is 5.43 Å². The Labute approximate surface area is 167 Å². The third-order valence-electron chi connectivity index (χ3n) is 3.44. The van der Waals surface area contributed by atoms with E-state index in [9.17, 15) is 27.2 Å². The molecule has 11 heteroatoms. The number of halogens is 6. The van der Waals surface area contributed by atoms with Crippen molar-refractivity contribution in [2.24, 2.45) is 0 Å². The van der Waals surface area contributed by atoms with Crippen LogP contribution in [0.2, 0.25) is 10.2 Å². The first-order valence-electron chi connectivity index (χ1n) is 7.65. The predicted molar refractivity (Wildman–Crippen MR) is 93.9 cm³/mol. The zero-order valence-corrected chi connectivity index (χ0v) is 16.2. The number of carbonyl (C=O) groups is 2. The van der Waals surface area contributed by atoms with Crippen molar-refractivity contribution in [3.8, 4) is 0 Å². The summed E-state index contributed by atoms with van der Waals surface area (Å²) in [5, 5.41) is 0.492. The second kappa shape index (κ2) is 7.92. The molecule has 1 N–H and O–H groups in total. The summed E-state index contributed by atoms with van der Waals surface area (Å²) < 4.78 is 54.5. The number of nitrogens with zero attached hydrogens (tertiary/aromatic N) is 2. The Kier molecular flexibility index (Phi) is 6.20. The van der Waals surface area contributed by atoms with E-state index in [4.69, 9.17) is 23.2 Å². The fourth-order valence-electron chi connectivity index (χ4n) is 2.13. The number of hydrogen-bond donors (Lipinski definition) is 1. The molecule has 5 nitrogen and oxygen atoms in total. The summed E-state index contributed by atoms with van der Waals surface area (Å²) in [4.78, 5) is 28.9. The van der Waals surface area contributed by atoms with Crippen LogP contribution in [-0.2, 0) is 0 Å². The van der Waals surface area contributed by atoms with Gasteiger partial charge in [-0.2, -0.15) is 0 Å². The van der Waals surface area contributed by atoms with Crippen molar-refractivity contribution in [3.05, 3.63) is 62.9 Å². The maximum absolute atomic E-state index is 13.9. The highest BCUT2D eigenvalue weighted by molar-refractivity contribution is 6.34. The number of benzene rings is 1. The quantitative estimate of drug-likeness (QED) is 0.325. The van der Waals surface area contributed by atoms with Crippen molar-refractivity contribution in [3.63, 3.8) is 0 Å². The number of amides is 2. The molecular weight excluding hydrogens is 425 g/mol. The maximum atomic E-state index is 13.9. The lowest BCUT2D eigenvalue weighted by molar-refractivity contribution is 0.0350. The zero-order valence-electron chi connectivity index (χ0n) is 14.7. The van der Waals surface area contributed by atoms with E-state index in [1.165, 1.54) is 32.9 Å². The second-order valence-corrected chi connectivity index (χ2v) is 7.35. The van der Waals surface area contributed by atoms with E-state index in [-0.39, 0.29) is 21.9 Å². The third-order valence-corrected chi connectivity index (χ3v) is 3.96. The molecule has 1 heterocycles. The predicted octanol–water partition coefficient (Wildman–Crippen LogP) is 4.53. The standard InChI is InChI=1S/C17H13Cl2F4N3O2/c1-17(2,3)26(16(28)14-7(18)4-5-10(19)24-14)25-15(27)11-12(22)8(20)6-9(21)13(11)23/h4-6H,1-3H3,(H,25,27). The summed E-state index contributed by atoms with van der Waals surface area (Å²) in [5.41, 5.74) is -1.08. The molecule has 2 rings (SSSR count). The minimum atomic E-state index is -1.91. The van der Waals surface area contributed by atoms with E-state index in [2.05, 4.69) is 4.98 Å². The van der Waals surface area contributed by atoms with Gasteiger partial charge in [-0.05, 0) is 32.9 Å². The molecule has 28 heavy (non-hydrogen) atoms. The Balaban J connectivity index is 2.48. The largest absolute Gasteiger partial charge is 0.292 e. The van der Waals surface area contributed by atoms with Gasteiger partial charge in [0.2, 0.25) is 0 Å². The molecule has 0 atom stereocenters. The van der Waals surface area contributed by atoms with Gasteiger partial charge >= 0.3 is 0 Å². The molecule has 0 aliphatic carbocycles. The number of hydrazine groups is 1. The van der Waals surface area contributed by atoms with Gasteiger partial charge in [-0.3, -0.25) is 15.0 Å². The van der Waals surface area contributed by atoms with Gasteiger partial charge < -0.3 is 0 Å². The Bertz CT molecular complexity index is 938. The van der Waals surface area contributed by atoms with Gasteiger partial charge in [-0.1, -0.05) is 23.2 Å². The number of pyridine rings is 1. The van der Waals surface area contributed by atoms with Crippen molar-refractivity contribution in [1.29, 1.82) is 0 Å². The average molecular weight is 438 g/mol. The van der Waals surface area contributed by atoms with Crippen molar-refractivity contribution < 1.29 is 27.2 Å². The highest BCUT2D eigenvalue weighted by Crippen LogP contribution is 2.23. The SMILES string of the molecule is CC(C)(C)N(NC(=O)c1c(F)c(F)cc(F)c1F)C(=O)c1nc(Cl)ccc1Cl. The molecule has 0 bridgehead atoms. The zero-order chi connectivity index (χ0) is 21.4. The number of nitrogens with one attached hydrogen (secondary N) is 1. The first-order chi connectivity index (χ1) is 12.8. The topological polar surface area (TPSA) is 62.3 Å². The summed E-state index contributed by atoms with van der Waals surface area (Å²) in [7, 11) is 0. The van der Waals surface area contributed by atoms with Crippen LogP contribution in [0.1, 0.15) is 41.6 Å². The highest BCUT2D eigenvalue weighted by atomic mass is 35.5. The molecule has 0 spiro atoms. The fourth-order valence-corrected chi connectivity index (χ4v) is 2.46. The summed E-state index contributed by atoms with van der Waals surface area (Å²) in [6, 6.07) is 2.57. The third kappa shape index (κ3) is 4.36. The van der Waals surface area contributed by atoms with Crippen molar-refractivity contribution in [1.82, 2.24) is 15.4 Å². The molecule has 0 unspecified atom stereocenters. The van der Waals surface area contributed by atoms with E-state index in [0.29, 0.717) is 5.01 Å². The van der Waals surface area contributed by atoms with Crippen LogP contribution >= 0.6 is 23.2 Å². The van der Waals surface area contributed by atoms with E-state index in [0.717, 1.165) is 0 Å². The Morgan fingerprint density at radius 2 is 1.57 bits per heavy atom. The monoisotopic (exact) mass is 437 g/mol. The maximum Gasteiger partial charge on any atom is 0.292 e. The summed E-state index contributed by atoms with van der Waals surface area (Å²) in [6.45, 7) is 4.42. The molecule has 1 aromatic carbocycles. The van der Waals surface area contributed by atoms with Crippen molar-refractivity contribution >= 4 is 35.0 Å². The van der Waals surface area contributed by atoms with E-state index in [1.54, 1.807) is 0 Å². The van der Waals surface area contributed by atoms with Gasteiger partial charge in [0, 0.05) is 6.07 Å². The fraction of sp³-hybridized carbons (Fsp3) is 0.235. The normalized spacial score (nSPS) is 11.3. The van der Waals surface area contributed by atoms with Gasteiger partial charge in [0.15, 0.2) is 23.3 Å². The number of carbonyl (C=O) groups excluding carboxylic acids is 2. The van der Waals surface area contributed by atoms with Crippen LogP contribution in [0.25, 0.3) is 0 Å². The lowest BCUT2D eigenvalue weighted by Crippen LogP contribution is -2.56. The van der Waals surface area contributed by atoms with Crippen LogP contribution in [0, 0.1) is 23.3 Å². The van der Waals surface area contributed by atoms with Crippen LogP contribution in [-0.4, -0.2) is 27.3 Å². The first-order valence-corrected chi connectivity index (χ1v) is 8.40. The molecule has 0 saturated heterocycles. The molecule has 2 amide bonds. The van der Waals surface area contributed by atoms with Crippen LogP contribution in [0.3, 0.4) is 0 Å². The molecule has 150 valence electrons. The highest BCUT2D eigenvalue weighted by Gasteiger charge is 2.34. The molecule has 2 aromatic rings. The molecule has 0 aliphatic rings. The van der Waals surface area contributed by atoms with Crippen LogP contribution in [0.15, 0.2) is 18.2 Å². The number of hydrogen-bond acceptors (Lipinski definition) is 3. The van der Waals surface area contributed by atoms with E-state index < -0.39 is 46.2 Å². The van der Waals surface area contributed by atoms with Gasteiger partial charge in [-0.15, -0.1) is 0 Å². The Hall–Kier alpha value is -2.39. The minimum absolute atomic E-state index is 0.0379. The Morgan fingerprint density at radius 3 is 2.07 bits per heavy atom. The van der Waals surface area contributed by atoms with E-state index in [1.807, 2.05) is 5.43 Å². The van der Waals surface area contributed by atoms with Crippen LogP contribution in [0.5, 0.6) is 0 Å². The first kappa shape index (κ1) is 21.9. The number of rotatable bonds is 2. The van der Waals surface area contributed by atoms with Gasteiger partial charge in [0.05, 0.1) is 10.6 Å². The summed E-state index contributed by atoms with van der Waals surface area (Å²) >= 11 is 11.7. The Morgan fingerprint density at radius 1 is 1.04 bits per heavy atom. The smallest absolute Gasteiger partial charge is 0.267 e. The summed E-state index contributed by atoms with van der Waals surface area (Å²) in [6.07, 6.45) is 0. The summed E-state index contributed by atoms with van der Waals surface area (Å²) in [5.74, 6) is -9.90. The minimum Gasteiger partial charge on any atom is -0.267 e. The van der Waals surface area contributed by atoms with Gasteiger partial charge in [0.1, 0.15) is 16.4 Å². The molecule has 1 aromatic heterocycles. The number of aromatic nitrogens is 1.